The second-order valence-corrected chi connectivity index (χ2v) is 8.96. The van der Waals surface area contributed by atoms with Crippen LogP contribution in [0.25, 0.3) is 11.3 Å². The molecule has 2 aromatic carbocycles. The number of nitro groups is 1. The molecule has 2 aliphatic heterocycles. The average molecular weight is 473 g/mol. The SMILES string of the molecule is Cc1nc(-c2ccccc2)cc(N2CCN(C(=O)c3ccc(N4CCCC4)c([N+](=O)[O-])c3)CC2)n1. The topological polar surface area (TPSA) is 95.7 Å². The second kappa shape index (κ2) is 9.69. The fourth-order valence-electron chi connectivity index (χ4n) is 4.82. The number of nitrogens with zero attached hydrogens (tertiary/aromatic N) is 6. The molecule has 2 aliphatic rings. The first-order valence-electron chi connectivity index (χ1n) is 12.0. The number of hydrogen-bond donors (Lipinski definition) is 0. The highest BCUT2D eigenvalue weighted by Crippen LogP contribution is 2.32. The molecule has 5 rings (SSSR count). The first-order valence-corrected chi connectivity index (χ1v) is 12.0. The number of anilines is 2. The molecule has 2 fully saturated rings. The maximum Gasteiger partial charge on any atom is 0.293 e. The largest absolute Gasteiger partial charge is 0.366 e. The van der Waals surface area contributed by atoms with Crippen molar-refractivity contribution in [2.45, 2.75) is 19.8 Å². The highest BCUT2D eigenvalue weighted by Gasteiger charge is 2.27. The molecule has 3 aromatic rings. The van der Waals surface area contributed by atoms with E-state index >= 15 is 0 Å². The Balaban J connectivity index is 1.29. The first kappa shape index (κ1) is 22.8. The van der Waals surface area contributed by atoms with Crippen molar-refractivity contribution in [1.82, 2.24) is 14.9 Å². The highest BCUT2D eigenvalue weighted by molar-refractivity contribution is 5.96. The Bertz CT molecular complexity index is 1240. The van der Waals surface area contributed by atoms with Crippen molar-refractivity contribution in [2.75, 3.05) is 49.1 Å². The van der Waals surface area contributed by atoms with Crippen LogP contribution in [-0.2, 0) is 0 Å². The fraction of sp³-hybridized carbons (Fsp3) is 0.346. The quantitative estimate of drug-likeness (QED) is 0.410. The van der Waals surface area contributed by atoms with Gasteiger partial charge in [0.05, 0.1) is 10.6 Å². The molecule has 9 heteroatoms. The highest BCUT2D eigenvalue weighted by atomic mass is 16.6. The summed E-state index contributed by atoms with van der Waals surface area (Å²) in [6, 6.07) is 16.9. The van der Waals surface area contributed by atoms with E-state index in [-0.39, 0.29) is 16.5 Å². The number of benzene rings is 2. The summed E-state index contributed by atoms with van der Waals surface area (Å²) in [4.78, 5) is 39.7. The third-order valence-electron chi connectivity index (χ3n) is 6.65. The lowest BCUT2D eigenvalue weighted by molar-refractivity contribution is -0.384. The molecule has 0 bridgehead atoms. The zero-order chi connectivity index (χ0) is 24.4. The summed E-state index contributed by atoms with van der Waals surface area (Å²) >= 11 is 0. The van der Waals surface area contributed by atoms with Crippen LogP contribution in [0.2, 0.25) is 0 Å². The molecule has 0 atom stereocenters. The number of rotatable bonds is 5. The van der Waals surface area contributed by atoms with Crippen molar-refractivity contribution in [3.63, 3.8) is 0 Å². The zero-order valence-corrected chi connectivity index (χ0v) is 19.8. The summed E-state index contributed by atoms with van der Waals surface area (Å²) < 4.78 is 0. The average Bonchev–Trinajstić information content (AvgIpc) is 3.43. The molecule has 2 saturated heterocycles. The van der Waals surface area contributed by atoms with Crippen LogP contribution in [0.1, 0.15) is 29.0 Å². The summed E-state index contributed by atoms with van der Waals surface area (Å²) in [6.45, 7) is 5.80. The van der Waals surface area contributed by atoms with Gasteiger partial charge in [0, 0.05) is 62.5 Å². The van der Waals surface area contributed by atoms with Crippen LogP contribution in [0.3, 0.4) is 0 Å². The summed E-state index contributed by atoms with van der Waals surface area (Å²) in [6.07, 6.45) is 2.06. The number of aryl methyl sites for hydroxylation is 1. The number of aromatic nitrogens is 2. The Morgan fingerprint density at radius 3 is 2.29 bits per heavy atom. The maximum absolute atomic E-state index is 13.2. The van der Waals surface area contributed by atoms with Crippen molar-refractivity contribution < 1.29 is 9.72 Å². The van der Waals surface area contributed by atoms with E-state index in [1.165, 1.54) is 6.07 Å². The summed E-state index contributed by atoms with van der Waals surface area (Å²) in [5, 5.41) is 11.7. The maximum atomic E-state index is 13.2. The van der Waals surface area contributed by atoms with Gasteiger partial charge in [0.2, 0.25) is 0 Å². The van der Waals surface area contributed by atoms with E-state index in [1.807, 2.05) is 48.2 Å². The van der Waals surface area contributed by atoms with Crippen LogP contribution in [-0.4, -0.2) is 65.0 Å². The van der Waals surface area contributed by atoms with Crippen LogP contribution in [0.5, 0.6) is 0 Å². The molecule has 9 nitrogen and oxygen atoms in total. The summed E-state index contributed by atoms with van der Waals surface area (Å²) in [5.74, 6) is 1.36. The van der Waals surface area contributed by atoms with Crippen molar-refractivity contribution in [3.8, 4) is 11.3 Å². The Morgan fingerprint density at radius 2 is 1.60 bits per heavy atom. The smallest absolute Gasteiger partial charge is 0.293 e. The lowest BCUT2D eigenvalue weighted by Crippen LogP contribution is -2.49. The monoisotopic (exact) mass is 472 g/mol. The van der Waals surface area contributed by atoms with Crippen LogP contribution in [0, 0.1) is 17.0 Å². The zero-order valence-electron chi connectivity index (χ0n) is 19.8. The molecular weight excluding hydrogens is 444 g/mol. The number of amides is 1. The number of piperazine rings is 1. The molecule has 3 heterocycles. The van der Waals surface area contributed by atoms with Gasteiger partial charge in [-0.3, -0.25) is 14.9 Å². The molecule has 0 aliphatic carbocycles. The molecule has 1 amide bonds. The van der Waals surface area contributed by atoms with Gasteiger partial charge in [-0.05, 0) is 31.9 Å². The lowest BCUT2D eigenvalue weighted by Gasteiger charge is -2.35. The molecule has 0 radical (unpaired) electrons. The summed E-state index contributed by atoms with van der Waals surface area (Å²) in [5.41, 5.74) is 2.87. The van der Waals surface area contributed by atoms with Crippen LogP contribution in [0.15, 0.2) is 54.6 Å². The van der Waals surface area contributed by atoms with E-state index in [2.05, 4.69) is 14.9 Å². The van der Waals surface area contributed by atoms with Gasteiger partial charge >= 0.3 is 0 Å². The van der Waals surface area contributed by atoms with Crippen molar-refractivity contribution >= 4 is 23.1 Å². The molecule has 0 N–H and O–H groups in total. The predicted octanol–water partition coefficient (Wildman–Crippen LogP) is 3.92. The predicted molar refractivity (Wildman–Crippen MR) is 135 cm³/mol. The van der Waals surface area contributed by atoms with E-state index in [4.69, 9.17) is 0 Å². The van der Waals surface area contributed by atoms with Gasteiger partial charge in [-0.1, -0.05) is 30.3 Å². The minimum atomic E-state index is -0.385. The standard InChI is InChI=1S/C26H28N6O3/c1-19-27-22(20-7-3-2-4-8-20)18-25(28-19)30-13-15-31(16-14-30)26(33)21-9-10-23(24(17-21)32(34)35)29-11-5-6-12-29/h2-4,7-10,17-18H,5-6,11-16H2,1H3. The molecule has 0 saturated carbocycles. The van der Waals surface area contributed by atoms with E-state index in [0.29, 0.717) is 43.3 Å². The van der Waals surface area contributed by atoms with Gasteiger partial charge in [0.1, 0.15) is 17.3 Å². The number of hydrogen-bond acceptors (Lipinski definition) is 7. The molecular formula is C26H28N6O3. The third-order valence-corrected chi connectivity index (χ3v) is 6.65. The van der Waals surface area contributed by atoms with Gasteiger partial charge < -0.3 is 14.7 Å². The molecule has 0 unspecified atom stereocenters. The van der Waals surface area contributed by atoms with Gasteiger partial charge in [-0.25, -0.2) is 9.97 Å². The first-order chi connectivity index (χ1) is 17.0. The Labute approximate surface area is 204 Å². The van der Waals surface area contributed by atoms with Gasteiger partial charge in [0.15, 0.2) is 0 Å². The lowest BCUT2D eigenvalue weighted by atomic mass is 10.1. The van der Waals surface area contributed by atoms with Crippen LogP contribution >= 0.6 is 0 Å². The van der Waals surface area contributed by atoms with Crippen LogP contribution < -0.4 is 9.80 Å². The number of carbonyl (C=O) groups excluding carboxylic acids is 1. The Hall–Kier alpha value is -4.01. The number of nitro benzene ring substituents is 1. The minimum Gasteiger partial charge on any atom is -0.366 e. The summed E-state index contributed by atoms with van der Waals surface area (Å²) in [7, 11) is 0. The Morgan fingerprint density at radius 1 is 0.886 bits per heavy atom. The second-order valence-electron chi connectivity index (χ2n) is 8.96. The van der Waals surface area contributed by atoms with E-state index in [1.54, 1.807) is 17.0 Å². The third kappa shape index (κ3) is 4.80. The molecule has 0 spiro atoms. The number of carbonyl (C=O) groups is 1. The molecule has 1 aromatic heterocycles. The van der Waals surface area contributed by atoms with Crippen molar-refractivity contribution in [2.24, 2.45) is 0 Å². The normalized spacial score (nSPS) is 16.0. The van der Waals surface area contributed by atoms with Crippen molar-refractivity contribution in [3.05, 3.63) is 76.1 Å². The minimum absolute atomic E-state index is 0.00119. The van der Waals surface area contributed by atoms with Crippen molar-refractivity contribution in [1.29, 1.82) is 0 Å². The van der Waals surface area contributed by atoms with E-state index in [9.17, 15) is 14.9 Å². The van der Waals surface area contributed by atoms with E-state index in [0.717, 1.165) is 43.0 Å². The van der Waals surface area contributed by atoms with E-state index < -0.39 is 0 Å². The molecule has 35 heavy (non-hydrogen) atoms. The fourth-order valence-corrected chi connectivity index (χ4v) is 4.82. The van der Waals surface area contributed by atoms with Gasteiger partial charge in [-0.2, -0.15) is 0 Å². The van der Waals surface area contributed by atoms with Gasteiger partial charge in [0.25, 0.3) is 11.6 Å². The van der Waals surface area contributed by atoms with Gasteiger partial charge in [-0.15, -0.1) is 0 Å². The van der Waals surface area contributed by atoms with Crippen LogP contribution in [0.4, 0.5) is 17.2 Å². The molecule has 180 valence electrons. The Kier molecular flexibility index (Phi) is 6.31.